The van der Waals surface area contributed by atoms with Crippen LogP contribution in [0.25, 0.3) is 5.65 Å². The number of hydrogen-bond acceptors (Lipinski definition) is 10. The van der Waals surface area contributed by atoms with Gasteiger partial charge >= 0.3 is 6.03 Å². The monoisotopic (exact) mass is 585 g/mol. The number of thioether (sulfide) groups is 1. The fourth-order valence-corrected chi connectivity index (χ4v) is 6.76. The number of pyridine rings is 1. The normalized spacial score (nSPS) is 21.2. The first kappa shape index (κ1) is 27.3. The maximum absolute atomic E-state index is 13.5. The molecule has 2 aromatic rings. The topological polar surface area (TPSA) is 137 Å². The largest absolute Gasteiger partial charge is 0.378 e. The molecule has 0 bridgehead atoms. The van der Waals surface area contributed by atoms with Gasteiger partial charge in [0.1, 0.15) is 17.1 Å². The molecule has 6 rings (SSSR count). The van der Waals surface area contributed by atoms with Crippen LogP contribution in [-0.2, 0) is 4.74 Å². The summed E-state index contributed by atoms with van der Waals surface area (Å²) in [5, 5.41) is 27.0. The van der Waals surface area contributed by atoms with E-state index < -0.39 is 17.6 Å². The summed E-state index contributed by atoms with van der Waals surface area (Å²) in [6.45, 7) is 3.23. The van der Waals surface area contributed by atoms with Crippen molar-refractivity contribution < 1.29 is 13.9 Å². The van der Waals surface area contributed by atoms with Crippen molar-refractivity contribution in [1.82, 2.24) is 23.9 Å². The minimum Gasteiger partial charge on any atom is -0.378 e. The third-order valence-corrected chi connectivity index (χ3v) is 10.2. The van der Waals surface area contributed by atoms with Crippen LogP contribution in [0.4, 0.5) is 14.9 Å². The lowest BCUT2D eigenvalue weighted by molar-refractivity contribution is -0.0158. The Morgan fingerprint density at radius 3 is 2.55 bits per heavy atom. The molecule has 2 saturated heterocycles. The van der Waals surface area contributed by atoms with Crippen molar-refractivity contribution in [2.75, 3.05) is 58.0 Å². The molecule has 4 heterocycles. The van der Waals surface area contributed by atoms with E-state index in [1.165, 1.54) is 11.9 Å². The van der Waals surface area contributed by atoms with Gasteiger partial charge < -0.3 is 19.4 Å². The van der Waals surface area contributed by atoms with Crippen molar-refractivity contribution in [2.45, 2.75) is 42.2 Å². The molecule has 4 aliphatic rings. The number of urea groups is 1. The summed E-state index contributed by atoms with van der Waals surface area (Å²) in [5.41, 5.74) is 0.858. The number of piperazine rings is 1. The zero-order valence-corrected chi connectivity index (χ0v) is 23.9. The number of carbonyl (C=O) groups excluding carboxylic acids is 1. The Balaban J connectivity index is 1.23. The molecule has 40 heavy (non-hydrogen) atoms. The number of amides is 2. The van der Waals surface area contributed by atoms with Crippen LogP contribution >= 0.6 is 23.7 Å². The SMILES string of the molecule is COC1CN(C(=O)N2CCN(c3cc(SNC4(CF)CC4)cn4c(C(=N)SC(=N)C5(C#N)CC5)cnc34)CC2)C1. The Morgan fingerprint density at radius 2 is 1.95 bits per heavy atom. The summed E-state index contributed by atoms with van der Waals surface area (Å²) in [5.74, 6) is 0. The van der Waals surface area contributed by atoms with Gasteiger partial charge in [0.25, 0.3) is 0 Å². The Bertz CT molecular complexity index is 1390. The molecule has 11 nitrogen and oxygen atoms in total. The number of hydrogen-bond donors (Lipinski definition) is 3. The van der Waals surface area contributed by atoms with Crippen LogP contribution in [0.15, 0.2) is 23.4 Å². The van der Waals surface area contributed by atoms with E-state index >= 15 is 0 Å². The summed E-state index contributed by atoms with van der Waals surface area (Å²) in [6, 6.07) is 4.29. The molecular weight excluding hydrogens is 553 g/mol. The molecule has 0 radical (unpaired) electrons. The van der Waals surface area contributed by atoms with Crippen LogP contribution in [0.2, 0.25) is 0 Å². The Kier molecular flexibility index (Phi) is 7.18. The van der Waals surface area contributed by atoms with Crippen LogP contribution < -0.4 is 9.62 Å². The molecule has 3 N–H and O–H groups in total. The van der Waals surface area contributed by atoms with Crippen molar-refractivity contribution in [3.8, 4) is 6.07 Å². The number of anilines is 1. The van der Waals surface area contributed by atoms with E-state index in [-0.39, 0.29) is 22.2 Å². The van der Waals surface area contributed by atoms with Crippen molar-refractivity contribution >= 4 is 51.2 Å². The number of halogens is 1. The van der Waals surface area contributed by atoms with Crippen LogP contribution in [0, 0.1) is 27.6 Å². The molecule has 14 heteroatoms. The summed E-state index contributed by atoms with van der Waals surface area (Å²) >= 11 is 2.37. The summed E-state index contributed by atoms with van der Waals surface area (Å²) < 4.78 is 24.0. The van der Waals surface area contributed by atoms with Crippen LogP contribution in [-0.4, -0.2) is 100.0 Å². The van der Waals surface area contributed by atoms with Gasteiger partial charge in [0, 0.05) is 44.4 Å². The number of alkyl halides is 1. The molecular formula is C26H32FN9O2S2. The first-order valence-corrected chi connectivity index (χ1v) is 15.0. The minimum absolute atomic E-state index is 0.0365. The molecule has 2 aromatic heterocycles. The lowest BCUT2D eigenvalue weighted by Gasteiger charge is -2.43. The van der Waals surface area contributed by atoms with Crippen molar-refractivity contribution in [1.29, 1.82) is 16.1 Å². The second-order valence-corrected chi connectivity index (χ2v) is 12.9. The molecule has 2 amide bonds. The molecule has 0 aromatic carbocycles. The van der Waals surface area contributed by atoms with Crippen LogP contribution in [0.3, 0.4) is 0 Å². The number of rotatable bonds is 8. The van der Waals surface area contributed by atoms with Crippen molar-refractivity contribution in [2.24, 2.45) is 5.41 Å². The number of nitrogens with zero attached hydrogens (tertiary/aromatic N) is 6. The number of carbonyl (C=O) groups is 1. The van der Waals surface area contributed by atoms with E-state index in [9.17, 15) is 14.4 Å². The minimum atomic E-state index is -0.754. The highest BCUT2D eigenvalue weighted by atomic mass is 32.2. The molecule has 2 aliphatic carbocycles. The summed E-state index contributed by atoms with van der Waals surface area (Å²) in [6.07, 6.45) is 6.54. The lowest BCUT2D eigenvalue weighted by Crippen LogP contribution is -2.61. The number of nitriles is 1. The molecule has 0 unspecified atom stereocenters. The number of nitrogens with one attached hydrogen (secondary N) is 3. The van der Waals surface area contributed by atoms with Gasteiger partial charge in [-0.05, 0) is 43.7 Å². The molecule has 2 aliphatic heterocycles. The van der Waals surface area contributed by atoms with Gasteiger partial charge in [-0.25, -0.2) is 14.2 Å². The average Bonchev–Trinajstić information content (AvgIpc) is 3.87. The first-order chi connectivity index (χ1) is 19.3. The highest BCUT2D eigenvalue weighted by Gasteiger charge is 2.48. The number of methoxy groups -OCH3 is 1. The van der Waals surface area contributed by atoms with Gasteiger partial charge in [-0.3, -0.25) is 19.9 Å². The Labute approximate surface area is 240 Å². The van der Waals surface area contributed by atoms with E-state index in [2.05, 4.69) is 20.7 Å². The van der Waals surface area contributed by atoms with Gasteiger partial charge in [-0.1, -0.05) is 11.8 Å². The number of imidazole rings is 1. The highest BCUT2D eigenvalue weighted by Crippen LogP contribution is 2.49. The highest BCUT2D eigenvalue weighted by molar-refractivity contribution is 8.26. The van der Waals surface area contributed by atoms with Crippen LogP contribution in [0.1, 0.15) is 31.4 Å². The average molecular weight is 586 g/mol. The van der Waals surface area contributed by atoms with E-state index in [4.69, 9.17) is 15.6 Å². The predicted molar refractivity (Wildman–Crippen MR) is 153 cm³/mol. The second kappa shape index (κ2) is 10.5. The van der Waals surface area contributed by atoms with Gasteiger partial charge in [-0.2, -0.15) is 5.26 Å². The maximum Gasteiger partial charge on any atom is 0.320 e. The molecule has 0 spiro atoms. The maximum atomic E-state index is 13.5. The smallest absolute Gasteiger partial charge is 0.320 e. The van der Waals surface area contributed by atoms with Crippen molar-refractivity contribution in [3.05, 3.63) is 24.2 Å². The molecule has 212 valence electrons. The van der Waals surface area contributed by atoms with Gasteiger partial charge in [0.15, 0.2) is 5.65 Å². The van der Waals surface area contributed by atoms with Crippen LogP contribution in [0.5, 0.6) is 0 Å². The standard InChI is InChI=1S/C26H32FN9O2S2/c1-38-17-12-35(13-17)24(37)34-8-6-33(7-9-34)19-10-18(40-32-26(15-27)4-5-26)14-36-20(11-31-22(19)36)21(29)39-23(30)25(16-28)2-3-25/h10-11,14,17,29-30,32H,2-9,12-13,15H2,1H3. The third-order valence-electron chi connectivity index (χ3n) is 8.23. The lowest BCUT2D eigenvalue weighted by atomic mass is 10.2. The fraction of sp³-hybridized carbons (Fsp3) is 0.577. The number of ether oxygens (including phenoxy) is 1. The van der Waals surface area contributed by atoms with Crippen molar-refractivity contribution in [3.63, 3.8) is 0 Å². The summed E-state index contributed by atoms with van der Waals surface area (Å²) in [4.78, 5) is 24.3. The fourth-order valence-electron chi connectivity index (χ4n) is 4.93. The third kappa shape index (κ3) is 5.04. The molecule has 0 atom stereocenters. The van der Waals surface area contributed by atoms with E-state index in [0.29, 0.717) is 63.5 Å². The Morgan fingerprint density at radius 1 is 1.23 bits per heavy atom. The number of likely N-dealkylation sites (tertiary alicyclic amines) is 1. The molecule has 4 fully saturated rings. The van der Waals surface area contributed by atoms with Gasteiger partial charge in [0.05, 0.1) is 53.4 Å². The first-order valence-electron chi connectivity index (χ1n) is 13.4. The number of fused-ring (bicyclic) bond motifs is 1. The predicted octanol–water partition coefficient (Wildman–Crippen LogP) is 3.35. The second-order valence-electron chi connectivity index (χ2n) is 11.0. The quantitative estimate of drug-likeness (QED) is 0.244. The zero-order chi connectivity index (χ0) is 28.1. The molecule has 2 saturated carbocycles. The van der Waals surface area contributed by atoms with E-state index in [1.54, 1.807) is 13.3 Å². The zero-order valence-electron chi connectivity index (χ0n) is 22.3. The number of aromatic nitrogens is 2. The van der Waals surface area contributed by atoms with E-state index in [0.717, 1.165) is 35.2 Å². The van der Waals surface area contributed by atoms with Gasteiger partial charge in [-0.15, -0.1) is 0 Å². The summed E-state index contributed by atoms with van der Waals surface area (Å²) in [7, 11) is 1.66. The van der Waals surface area contributed by atoms with Gasteiger partial charge in [0.2, 0.25) is 0 Å². The Hall–Kier alpha value is -2.86. The van der Waals surface area contributed by atoms with E-state index in [1.807, 2.05) is 26.5 Å².